The molecule has 1 aliphatic heterocycles. The first-order chi connectivity index (χ1) is 9.55. The van der Waals surface area contributed by atoms with E-state index in [9.17, 15) is 8.42 Å². The summed E-state index contributed by atoms with van der Waals surface area (Å²) in [6.07, 6.45) is 0. The molecule has 118 valence electrons. The molecule has 1 aliphatic rings. The fourth-order valence-corrected chi connectivity index (χ4v) is 3.00. The van der Waals surface area contributed by atoms with Gasteiger partial charge in [-0.05, 0) is 25.1 Å². The van der Waals surface area contributed by atoms with Gasteiger partial charge < -0.3 is 9.59 Å². The first-order valence-electron chi connectivity index (χ1n) is 6.34. The van der Waals surface area contributed by atoms with Crippen LogP contribution in [0.2, 0.25) is 5.02 Å². The minimum Gasteiger partial charge on any atom is -0.391 e. The van der Waals surface area contributed by atoms with Crippen LogP contribution >= 0.6 is 11.6 Å². The lowest BCUT2D eigenvalue weighted by Crippen LogP contribution is -2.36. The first kappa shape index (κ1) is 17.9. The maximum Gasteiger partial charge on any atom is 0.265 e. The quantitative estimate of drug-likeness (QED) is 0.802. The van der Waals surface area contributed by atoms with E-state index in [-0.39, 0.29) is 11.5 Å². The predicted molar refractivity (Wildman–Crippen MR) is 84.5 cm³/mol. The van der Waals surface area contributed by atoms with Gasteiger partial charge in [0.15, 0.2) is 0 Å². The minimum absolute atomic E-state index is 0.121. The number of aliphatic imine (C=N–C) groups is 1. The number of aliphatic hydroxyl groups is 1. The molecule has 2 N–H and O–H groups in total. The standard InChI is InChI=1S/C8H7ClN2O2S.C5H14NO/c1-5-10-7-3-2-6(9)4-8(7)14(12,13)11-5;1-6(2,3)4-5-7/h2-4H,1H3,(H,10,11);7H,4-5H2,1-3H3/q;+1. The van der Waals surface area contributed by atoms with Crippen molar-refractivity contribution in [2.45, 2.75) is 11.8 Å². The van der Waals surface area contributed by atoms with Gasteiger partial charge in [-0.2, -0.15) is 0 Å². The number of rotatable bonds is 2. The Morgan fingerprint density at radius 2 is 1.95 bits per heavy atom. The summed E-state index contributed by atoms with van der Waals surface area (Å²) < 4.78 is 26.3. The van der Waals surface area contributed by atoms with Crippen molar-refractivity contribution in [2.75, 3.05) is 34.3 Å². The van der Waals surface area contributed by atoms with Gasteiger partial charge in [0.1, 0.15) is 17.3 Å². The van der Waals surface area contributed by atoms with Gasteiger partial charge in [0.25, 0.3) is 10.0 Å². The zero-order valence-electron chi connectivity index (χ0n) is 12.6. The Bertz CT molecular complexity index is 637. The molecule has 1 aromatic carbocycles. The molecule has 0 fully saturated rings. The average Bonchev–Trinajstić information content (AvgIpc) is 2.28. The molecule has 0 atom stereocenters. The molecule has 8 heteroatoms. The fraction of sp³-hybridized carbons (Fsp3) is 0.462. The summed E-state index contributed by atoms with van der Waals surface area (Å²) in [5, 5.41) is 8.76. The number of amidine groups is 1. The van der Waals surface area contributed by atoms with Crippen LogP contribution < -0.4 is 4.72 Å². The summed E-state index contributed by atoms with van der Waals surface area (Å²) in [6.45, 7) is 2.71. The van der Waals surface area contributed by atoms with Crippen molar-refractivity contribution in [1.29, 1.82) is 0 Å². The fourth-order valence-electron chi connectivity index (χ4n) is 1.55. The highest BCUT2D eigenvalue weighted by Crippen LogP contribution is 2.29. The van der Waals surface area contributed by atoms with Crippen LogP contribution in [0.15, 0.2) is 28.1 Å². The van der Waals surface area contributed by atoms with E-state index in [1.807, 2.05) is 0 Å². The topological polar surface area (TPSA) is 78.8 Å². The van der Waals surface area contributed by atoms with Crippen molar-refractivity contribution in [3.8, 4) is 0 Å². The van der Waals surface area contributed by atoms with E-state index in [4.69, 9.17) is 16.7 Å². The summed E-state index contributed by atoms with van der Waals surface area (Å²) in [5.41, 5.74) is 0.422. The number of benzene rings is 1. The number of aliphatic hydroxyl groups excluding tert-OH is 1. The summed E-state index contributed by atoms with van der Waals surface area (Å²) in [6, 6.07) is 4.58. The number of quaternary nitrogens is 1. The van der Waals surface area contributed by atoms with Crippen LogP contribution in [-0.2, 0) is 10.0 Å². The van der Waals surface area contributed by atoms with Gasteiger partial charge in [-0.1, -0.05) is 11.6 Å². The molecule has 0 aliphatic carbocycles. The van der Waals surface area contributed by atoms with Crippen LogP contribution in [0.3, 0.4) is 0 Å². The Morgan fingerprint density at radius 3 is 2.43 bits per heavy atom. The van der Waals surface area contributed by atoms with Crippen LogP contribution in [-0.4, -0.2) is 58.1 Å². The molecule has 0 amide bonds. The summed E-state index contributed by atoms with van der Waals surface area (Å²) in [5.74, 6) is 0.361. The highest BCUT2D eigenvalue weighted by molar-refractivity contribution is 7.90. The van der Waals surface area contributed by atoms with Crippen LogP contribution in [0.1, 0.15) is 6.92 Å². The van der Waals surface area contributed by atoms with Crippen molar-refractivity contribution in [3.05, 3.63) is 23.2 Å². The largest absolute Gasteiger partial charge is 0.391 e. The Kier molecular flexibility index (Phi) is 5.75. The summed E-state index contributed by atoms with van der Waals surface area (Å²) >= 11 is 5.70. The lowest BCUT2D eigenvalue weighted by atomic mass is 10.3. The van der Waals surface area contributed by atoms with Gasteiger partial charge in [-0.3, -0.25) is 4.72 Å². The number of hydrogen-bond acceptors (Lipinski definition) is 4. The van der Waals surface area contributed by atoms with Crippen LogP contribution in [0.25, 0.3) is 0 Å². The van der Waals surface area contributed by atoms with Crippen LogP contribution in [0.4, 0.5) is 5.69 Å². The molecule has 0 radical (unpaired) electrons. The van der Waals surface area contributed by atoms with E-state index >= 15 is 0 Å². The zero-order valence-corrected chi connectivity index (χ0v) is 14.2. The van der Waals surface area contributed by atoms with E-state index in [0.717, 1.165) is 11.0 Å². The van der Waals surface area contributed by atoms with Gasteiger partial charge in [0, 0.05) is 5.02 Å². The Labute approximate surface area is 130 Å². The SMILES string of the molecule is CC1=Nc2ccc(Cl)cc2S(=O)(=O)N1.C[N+](C)(C)CCO. The Balaban J connectivity index is 0.000000270. The molecule has 1 heterocycles. The highest BCUT2D eigenvalue weighted by atomic mass is 35.5. The third-order valence-corrected chi connectivity index (χ3v) is 4.26. The number of fused-ring (bicyclic) bond motifs is 1. The lowest BCUT2D eigenvalue weighted by Gasteiger charge is -2.21. The third-order valence-electron chi connectivity index (χ3n) is 2.55. The predicted octanol–water partition coefficient (Wildman–Crippen LogP) is 1.37. The van der Waals surface area contributed by atoms with E-state index in [2.05, 4.69) is 30.9 Å². The van der Waals surface area contributed by atoms with Crippen molar-refractivity contribution in [1.82, 2.24) is 4.72 Å². The molecule has 6 nitrogen and oxygen atoms in total. The molecule has 21 heavy (non-hydrogen) atoms. The third kappa shape index (κ3) is 5.62. The van der Waals surface area contributed by atoms with Crippen molar-refractivity contribution >= 4 is 33.1 Å². The monoisotopic (exact) mass is 334 g/mol. The molecule has 0 saturated heterocycles. The normalized spacial score (nSPS) is 16.0. The Morgan fingerprint density at radius 1 is 1.33 bits per heavy atom. The van der Waals surface area contributed by atoms with Crippen LogP contribution in [0, 0.1) is 0 Å². The van der Waals surface area contributed by atoms with Crippen molar-refractivity contribution in [3.63, 3.8) is 0 Å². The molecular formula is C13H21ClN3O3S+. The molecule has 0 saturated carbocycles. The molecular weight excluding hydrogens is 314 g/mol. The molecule has 0 aromatic heterocycles. The van der Waals surface area contributed by atoms with Crippen molar-refractivity contribution in [2.24, 2.45) is 4.99 Å². The second kappa shape index (κ2) is 6.74. The van der Waals surface area contributed by atoms with E-state index in [1.54, 1.807) is 19.1 Å². The van der Waals surface area contributed by atoms with E-state index in [1.165, 1.54) is 6.07 Å². The van der Waals surface area contributed by atoms with Crippen molar-refractivity contribution < 1.29 is 18.0 Å². The minimum atomic E-state index is -3.48. The number of sulfonamides is 1. The van der Waals surface area contributed by atoms with Gasteiger partial charge in [0.2, 0.25) is 0 Å². The Hall–Kier alpha value is -1.15. The van der Waals surface area contributed by atoms with E-state index < -0.39 is 10.0 Å². The first-order valence-corrected chi connectivity index (χ1v) is 8.20. The molecule has 2 rings (SSSR count). The zero-order chi connectivity index (χ0) is 16.3. The number of halogens is 1. The summed E-state index contributed by atoms with van der Waals surface area (Å²) in [7, 11) is 2.68. The van der Waals surface area contributed by atoms with Gasteiger partial charge >= 0.3 is 0 Å². The molecule has 1 aromatic rings. The molecule has 0 spiro atoms. The van der Waals surface area contributed by atoms with E-state index in [0.29, 0.717) is 16.5 Å². The number of nitrogens with one attached hydrogen (secondary N) is 1. The number of nitrogens with zero attached hydrogens (tertiary/aromatic N) is 2. The lowest BCUT2D eigenvalue weighted by molar-refractivity contribution is -0.870. The highest BCUT2D eigenvalue weighted by Gasteiger charge is 2.23. The maximum atomic E-state index is 11.6. The second-order valence-corrected chi connectivity index (χ2v) is 7.74. The van der Waals surface area contributed by atoms with Gasteiger partial charge in [-0.15, -0.1) is 0 Å². The second-order valence-electron chi connectivity index (χ2n) is 5.65. The average molecular weight is 335 g/mol. The van der Waals surface area contributed by atoms with Gasteiger partial charge in [0.05, 0.1) is 33.4 Å². The van der Waals surface area contributed by atoms with Gasteiger partial charge in [-0.25, -0.2) is 13.4 Å². The summed E-state index contributed by atoms with van der Waals surface area (Å²) in [4.78, 5) is 4.17. The molecule has 0 unspecified atom stereocenters. The molecule has 0 bridgehead atoms. The maximum absolute atomic E-state index is 11.6. The number of likely N-dealkylation sites (N-methyl/N-ethyl adjacent to an activating group) is 1. The smallest absolute Gasteiger partial charge is 0.265 e. The van der Waals surface area contributed by atoms with Crippen LogP contribution in [0.5, 0.6) is 0 Å². The number of hydrogen-bond donors (Lipinski definition) is 2.